The van der Waals surface area contributed by atoms with Gasteiger partial charge in [0.2, 0.25) is 0 Å². The molecule has 1 unspecified atom stereocenters. The van der Waals surface area contributed by atoms with E-state index in [1.807, 2.05) is 0 Å². The Morgan fingerprint density at radius 2 is 2.29 bits per heavy atom. The van der Waals surface area contributed by atoms with Gasteiger partial charge in [-0.25, -0.2) is 9.48 Å². The maximum absolute atomic E-state index is 12.0. The van der Waals surface area contributed by atoms with Crippen molar-refractivity contribution in [2.24, 2.45) is 5.92 Å². The van der Waals surface area contributed by atoms with E-state index in [1.54, 1.807) is 4.90 Å². The average molecular weight is 297 g/mol. The van der Waals surface area contributed by atoms with E-state index in [0.29, 0.717) is 18.8 Å². The van der Waals surface area contributed by atoms with E-state index in [1.165, 1.54) is 10.9 Å². The van der Waals surface area contributed by atoms with Crippen LogP contribution in [0.3, 0.4) is 0 Å². The topological polar surface area (TPSA) is 121 Å². The lowest BCUT2D eigenvalue weighted by Gasteiger charge is -2.31. The molecule has 21 heavy (non-hydrogen) atoms. The minimum absolute atomic E-state index is 0.0906. The van der Waals surface area contributed by atoms with Gasteiger partial charge in [0.05, 0.1) is 12.7 Å². The number of carboxylic acid groups (broad SMARTS) is 1. The number of likely N-dealkylation sites (tertiary alicyclic amines) is 1. The van der Waals surface area contributed by atoms with Crippen molar-refractivity contribution in [3.05, 3.63) is 11.9 Å². The molecule has 9 heteroatoms. The lowest BCUT2D eigenvalue weighted by Crippen LogP contribution is -2.45. The monoisotopic (exact) mass is 297 g/mol. The number of carboxylic acids is 1. The van der Waals surface area contributed by atoms with E-state index >= 15 is 0 Å². The van der Waals surface area contributed by atoms with Crippen molar-refractivity contribution in [1.82, 2.24) is 25.2 Å². The second-order valence-corrected chi connectivity index (χ2v) is 5.10. The molecule has 1 aliphatic rings. The van der Waals surface area contributed by atoms with Gasteiger partial charge in [-0.2, -0.15) is 0 Å². The number of hydrogen-bond donors (Lipinski definition) is 3. The van der Waals surface area contributed by atoms with Crippen molar-refractivity contribution in [1.29, 1.82) is 0 Å². The molecule has 1 fully saturated rings. The van der Waals surface area contributed by atoms with Gasteiger partial charge in [0.1, 0.15) is 12.2 Å². The van der Waals surface area contributed by atoms with Crippen LogP contribution in [0.25, 0.3) is 0 Å². The number of aromatic nitrogens is 3. The molecule has 0 saturated carbocycles. The fourth-order valence-corrected chi connectivity index (χ4v) is 2.31. The summed E-state index contributed by atoms with van der Waals surface area (Å²) in [5, 5.41) is 27.9. The number of nitrogens with one attached hydrogen (secondary N) is 1. The van der Waals surface area contributed by atoms with Crippen LogP contribution >= 0.6 is 0 Å². The molecule has 3 N–H and O–H groups in total. The van der Waals surface area contributed by atoms with Crippen molar-refractivity contribution in [2.75, 3.05) is 19.7 Å². The smallest absolute Gasteiger partial charge is 0.325 e. The number of amides is 2. The molecule has 1 saturated heterocycles. The Morgan fingerprint density at radius 3 is 3.00 bits per heavy atom. The molecule has 1 aromatic heterocycles. The Kier molecular flexibility index (Phi) is 5.09. The average Bonchev–Trinajstić information content (AvgIpc) is 2.91. The molecular weight excluding hydrogens is 278 g/mol. The first kappa shape index (κ1) is 15.2. The van der Waals surface area contributed by atoms with Gasteiger partial charge in [0.15, 0.2) is 0 Å². The Morgan fingerprint density at radius 1 is 1.48 bits per heavy atom. The van der Waals surface area contributed by atoms with Gasteiger partial charge in [0, 0.05) is 19.7 Å². The van der Waals surface area contributed by atoms with E-state index < -0.39 is 5.97 Å². The molecule has 0 aromatic carbocycles. The fraction of sp³-hybridized carbons (Fsp3) is 0.667. The molecule has 0 spiro atoms. The van der Waals surface area contributed by atoms with Gasteiger partial charge in [-0.05, 0) is 18.8 Å². The lowest BCUT2D eigenvalue weighted by atomic mass is 9.99. The highest BCUT2D eigenvalue weighted by molar-refractivity contribution is 5.74. The summed E-state index contributed by atoms with van der Waals surface area (Å²) in [6.07, 6.45) is 3.30. The normalized spacial score (nSPS) is 18.5. The van der Waals surface area contributed by atoms with E-state index in [-0.39, 0.29) is 31.6 Å². The zero-order valence-electron chi connectivity index (χ0n) is 11.6. The number of carbonyl (C=O) groups excluding carboxylic acids is 1. The molecule has 0 bridgehead atoms. The van der Waals surface area contributed by atoms with Crippen molar-refractivity contribution in [3.63, 3.8) is 0 Å². The van der Waals surface area contributed by atoms with Gasteiger partial charge >= 0.3 is 12.0 Å². The first-order valence-electron chi connectivity index (χ1n) is 6.83. The number of piperidine rings is 1. The summed E-state index contributed by atoms with van der Waals surface area (Å²) in [5.74, 6) is -0.861. The summed E-state index contributed by atoms with van der Waals surface area (Å²) < 4.78 is 1.20. The first-order valence-corrected chi connectivity index (χ1v) is 6.83. The maximum atomic E-state index is 12.0. The minimum atomic E-state index is -1.00. The molecule has 1 aromatic rings. The first-order chi connectivity index (χ1) is 10.1. The number of aliphatic hydroxyl groups is 1. The number of nitrogens with zero attached hydrogens (tertiary/aromatic N) is 4. The molecule has 1 atom stereocenters. The number of rotatable bonds is 5. The Hall–Kier alpha value is -2.16. The van der Waals surface area contributed by atoms with E-state index in [2.05, 4.69) is 15.6 Å². The van der Waals surface area contributed by atoms with Gasteiger partial charge in [-0.15, -0.1) is 5.10 Å². The Labute approximate surface area is 121 Å². The van der Waals surface area contributed by atoms with Crippen molar-refractivity contribution >= 4 is 12.0 Å². The third kappa shape index (κ3) is 4.42. The zero-order chi connectivity index (χ0) is 15.2. The quantitative estimate of drug-likeness (QED) is 0.659. The Balaban J connectivity index is 1.80. The molecule has 2 heterocycles. The number of aliphatic carboxylic acids is 1. The second-order valence-electron chi connectivity index (χ2n) is 5.10. The van der Waals surface area contributed by atoms with Crippen LogP contribution in [0.5, 0.6) is 0 Å². The van der Waals surface area contributed by atoms with Crippen LogP contribution in [-0.2, 0) is 17.9 Å². The van der Waals surface area contributed by atoms with Crippen molar-refractivity contribution < 1.29 is 19.8 Å². The molecule has 2 amide bonds. The highest BCUT2D eigenvalue weighted by atomic mass is 16.4. The SMILES string of the molecule is O=C(O)Cn1cc(CNC(=O)N2CCCC(CO)C2)nn1. The molecule has 2 rings (SSSR count). The molecule has 0 radical (unpaired) electrons. The van der Waals surface area contributed by atoms with Gasteiger partial charge in [0.25, 0.3) is 0 Å². The summed E-state index contributed by atoms with van der Waals surface area (Å²) in [7, 11) is 0. The van der Waals surface area contributed by atoms with Crippen molar-refractivity contribution in [2.45, 2.75) is 25.9 Å². The predicted octanol–water partition coefficient (Wildman–Crippen LogP) is -0.723. The van der Waals surface area contributed by atoms with Gasteiger partial charge in [-0.1, -0.05) is 5.21 Å². The summed E-state index contributed by atoms with van der Waals surface area (Å²) in [4.78, 5) is 24.2. The van der Waals surface area contributed by atoms with Crippen LogP contribution in [0, 0.1) is 5.92 Å². The standard InChI is InChI=1S/C12H19N5O4/c18-8-9-2-1-3-16(5-9)12(21)13-4-10-6-17(15-14-10)7-11(19)20/h6,9,18H,1-5,7-8H2,(H,13,21)(H,19,20). The molecule has 0 aliphatic carbocycles. The predicted molar refractivity (Wildman–Crippen MR) is 71.3 cm³/mol. The van der Waals surface area contributed by atoms with Crippen LogP contribution in [0.15, 0.2) is 6.20 Å². The van der Waals surface area contributed by atoms with Gasteiger partial charge < -0.3 is 20.4 Å². The van der Waals surface area contributed by atoms with Crippen LogP contribution in [0.4, 0.5) is 4.79 Å². The fourth-order valence-electron chi connectivity index (χ4n) is 2.31. The summed E-state index contributed by atoms with van der Waals surface area (Å²) in [6.45, 7) is 1.25. The number of hydrogen-bond acceptors (Lipinski definition) is 5. The van der Waals surface area contributed by atoms with Gasteiger partial charge in [-0.3, -0.25) is 4.79 Å². The van der Waals surface area contributed by atoms with E-state index in [9.17, 15) is 9.59 Å². The zero-order valence-corrected chi connectivity index (χ0v) is 11.6. The van der Waals surface area contributed by atoms with Crippen LogP contribution in [0.1, 0.15) is 18.5 Å². The largest absolute Gasteiger partial charge is 0.480 e. The highest BCUT2D eigenvalue weighted by Gasteiger charge is 2.22. The maximum Gasteiger partial charge on any atom is 0.325 e. The lowest BCUT2D eigenvalue weighted by molar-refractivity contribution is -0.137. The molecule has 9 nitrogen and oxygen atoms in total. The number of aliphatic hydroxyl groups excluding tert-OH is 1. The van der Waals surface area contributed by atoms with Crippen LogP contribution in [0.2, 0.25) is 0 Å². The second kappa shape index (κ2) is 7.02. The van der Waals surface area contributed by atoms with Crippen LogP contribution < -0.4 is 5.32 Å². The van der Waals surface area contributed by atoms with Crippen LogP contribution in [-0.4, -0.2) is 61.8 Å². The number of urea groups is 1. The summed E-state index contributed by atoms with van der Waals surface area (Å²) in [5.41, 5.74) is 0.500. The molecular formula is C12H19N5O4. The molecule has 1 aliphatic heterocycles. The summed E-state index contributed by atoms with van der Waals surface area (Å²) in [6, 6.07) is -0.207. The van der Waals surface area contributed by atoms with E-state index in [0.717, 1.165) is 12.8 Å². The summed E-state index contributed by atoms with van der Waals surface area (Å²) >= 11 is 0. The third-order valence-corrected chi connectivity index (χ3v) is 3.37. The molecule has 116 valence electrons. The minimum Gasteiger partial charge on any atom is -0.480 e. The highest BCUT2D eigenvalue weighted by Crippen LogP contribution is 2.15. The van der Waals surface area contributed by atoms with Crippen molar-refractivity contribution in [3.8, 4) is 0 Å². The number of carbonyl (C=O) groups is 2. The van der Waals surface area contributed by atoms with E-state index in [4.69, 9.17) is 10.2 Å². The third-order valence-electron chi connectivity index (χ3n) is 3.37. The Bertz CT molecular complexity index is 504.